The predicted molar refractivity (Wildman–Crippen MR) is 58.0 cm³/mol. The fourth-order valence-corrected chi connectivity index (χ4v) is 1.25. The maximum absolute atomic E-state index is 8.69. The Bertz CT molecular complexity index is 294. The Kier molecular flexibility index (Phi) is 4.83. The Balaban J connectivity index is 2.48. The molecule has 0 bridgehead atoms. The maximum atomic E-state index is 8.69. The number of ether oxygens (including phenoxy) is 1. The quantitative estimate of drug-likeness (QED) is 0.736. The van der Waals surface area contributed by atoms with Gasteiger partial charge in [0.15, 0.2) is 0 Å². The minimum atomic E-state index is 0.221. The van der Waals surface area contributed by atoms with Gasteiger partial charge in [-0.2, -0.15) is 0 Å². The number of rotatable bonds is 6. The highest BCUT2D eigenvalue weighted by Crippen LogP contribution is 2.12. The number of methoxy groups -OCH3 is 1. The highest BCUT2D eigenvalue weighted by atomic mass is 16.5. The van der Waals surface area contributed by atoms with Crippen molar-refractivity contribution < 1.29 is 9.84 Å². The third kappa shape index (κ3) is 4.12. The van der Waals surface area contributed by atoms with Gasteiger partial charge in [0, 0.05) is 18.7 Å². The Morgan fingerprint density at radius 2 is 2.33 bits per heavy atom. The van der Waals surface area contributed by atoms with Crippen LogP contribution in [0.5, 0.6) is 5.88 Å². The van der Waals surface area contributed by atoms with Crippen LogP contribution in [0.3, 0.4) is 0 Å². The number of nitrogens with one attached hydrogen (secondary N) is 1. The molecule has 84 valence electrons. The summed E-state index contributed by atoms with van der Waals surface area (Å²) in [5.74, 6) is 1.29. The predicted octanol–water partition coefficient (Wildman–Crippen LogP) is 1.06. The van der Waals surface area contributed by atoms with Crippen LogP contribution in [-0.2, 0) is 0 Å². The van der Waals surface area contributed by atoms with Gasteiger partial charge in [-0.05, 0) is 19.8 Å². The summed E-state index contributed by atoms with van der Waals surface area (Å²) in [5, 5.41) is 11.9. The summed E-state index contributed by atoms with van der Waals surface area (Å²) >= 11 is 0. The minimum Gasteiger partial charge on any atom is -0.481 e. The van der Waals surface area contributed by atoms with Gasteiger partial charge in [0.05, 0.1) is 7.11 Å². The zero-order valence-corrected chi connectivity index (χ0v) is 9.10. The van der Waals surface area contributed by atoms with Gasteiger partial charge in [0.25, 0.3) is 0 Å². The van der Waals surface area contributed by atoms with Crippen molar-refractivity contribution in [2.75, 3.05) is 19.0 Å². The Labute approximate surface area is 89.5 Å². The third-order valence-corrected chi connectivity index (χ3v) is 2.04. The van der Waals surface area contributed by atoms with Gasteiger partial charge in [-0.15, -0.1) is 0 Å². The zero-order valence-electron chi connectivity index (χ0n) is 9.10. The largest absolute Gasteiger partial charge is 0.481 e. The van der Waals surface area contributed by atoms with E-state index < -0.39 is 0 Å². The molecule has 0 aromatic carbocycles. The number of hydrogen-bond donors (Lipinski definition) is 2. The van der Waals surface area contributed by atoms with Crippen LogP contribution < -0.4 is 10.1 Å². The number of aliphatic hydroxyl groups excluding tert-OH is 1. The first kappa shape index (κ1) is 11.7. The number of aromatic nitrogens is 2. The molecule has 1 aromatic rings. The van der Waals surface area contributed by atoms with Crippen molar-refractivity contribution >= 4 is 5.82 Å². The van der Waals surface area contributed by atoms with E-state index in [9.17, 15) is 0 Å². The van der Waals surface area contributed by atoms with Gasteiger partial charge in [0.1, 0.15) is 12.1 Å². The fourth-order valence-electron chi connectivity index (χ4n) is 1.25. The SMILES string of the molecule is COc1cc(NC(C)CCCO)ncn1. The summed E-state index contributed by atoms with van der Waals surface area (Å²) in [6.07, 6.45) is 3.15. The van der Waals surface area contributed by atoms with Crippen LogP contribution in [0, 0.1) is 0 Å². The molecule has 1 rings (SSSR count). The summed E-state index contributed by atoms with van der Waals surface area (Å²) in [7, 11) is 1.57. The molecule has 0 aliphatic heterocycles. The molecule has 1 heterocycles. The lowest BCUT2D eigenvalue weighted by atomic mass is 10.2. The second kappa shape index (κ2) is 6.19. The van der Waals surface area contributed by atoms with Crippen LogP contribution in [0.1, 0.15) is 19.8 Å². The lowest BCUT2D eigenvalue weighted by Crippen LogP contribution is -2.16. The molecule has 5 nitrogen and oxygen atoms in total. The first-order valence-corrected chi connectivity index (χ1v) is 4.99. The molecule has 0 aliphatic carbocycles. The van der Waals surface area contributed by atoms with Gasteiger partial charge in [0.2, 0.25) is 5.88 Å². The van der Waals surface area contributed by atoms with Gasteiger partial charge < -0.3 is 15.2 Å². The Morgan fingerprint density at radius 1 is 1.53 bits per heavy atom. The van der Waals surface area contributed by atoms with Gasteiger partial charge in [-0.25, -0.2) is 9.97 Å². The topological polar surface area (TPSA) is 67.3 Å². The third-order valence-electron chi connectivity index (χ3n) is 2.04. The van der Waals surface area contributed by atoms with Crippen molar-refractivity contribution in [2.24, 2.45) is 0 Å². The molecule has 0 saturated heterocycles. The summed E-state index contributed by atoms with van der Waals surface area (Å²) in [6, 6.07) is 2.02. The van der Waals surface area contributed by atoms with Crippen molar-refractivity contribution in [1.82, 2.24) is 9.97 Å². The molecule has 0 saturated carbocycles. The number of aliphatic hydroxyl groups is 1. The van der Waals surface area contributed by atoms with Crippen LogP contribution in [0.15, 0.2) is 12.4 Å². The van der Waals surface area contributed by atoms with Crippen LogP contribution in [0.2, 0.25) is 0 Å². The molecule has 0 spiro atoms. The fraction of sp³-hybridized carbons (Fsp3) is 0.600. The molecule has 0 amide bonds. The molecule has 0 radical (unpaired) electrons. The number of nitrogens with zero attached hydrogens (tertiary/aromatic N) is 2. The van der Waals surface area contributed by atoms with Gasteiger partial charge >= 0.3 is 0 Å². The molecular weight excluding hydrogens is 194 g/mol. The van der Waals surface area contributed by atoms with Crippen LogP contribution in [0.25, 0.3) is 0 Å². The molecule has 5 heteroatoms. The van der Waals surface area contributed by atoms with E-state index >= 15 is 0 Å². The lowest BCUT2D eigenvalue weighted by Gasteiger charge is -2.13. The normalized spacial score (nSPS) is 12.2. The van der Waals surface area contributed by atoms with Gasteiger partial charge in [-0.1, -0.05) is 0 Å². The van der Waals surface area contributed by atoms with Crippen molar-refractivity contribution in [3.8, 4) is 5.88 Å². The molecule has 0 aliphatic rings. The highest BCUT2D eigenvalue weighted by molar-refractivity contribution is 5.37. The van der Waals surface area contributed by atoms with E-state index in [0.29, 0.717) is 5.88 Å². The van der Waals surface area contributed by atoms with E-state index in [1.54, 1.807) is 13.2 Å². The molecular formula is C10H17N3O2. The zero-order chi connectivity index (χ0) is 11.1. The molecule has 1 atom stereocenters. The summed E-state index contributed by atoms with van der Waals surface area (Å²) < 4.78 is 4.99. The highest BCUT2D eigenvalue weighted by Gasteiger charge is 2.03. The van der Waals surface area contributed by atoms with E-state index in [4.69, 9.17) is 9.84 Å². The Morgan fingerprint density at radius 3 is 3.00 bits per heavy atom. The Hall–Kier alpha value is -1.36. The van der Waals surface area contributed by atoms with Crippen molar-refractivity contribution in [2.45, 2.75) is 25.8 Å². The average molecular weight is 211 g/mol. The molecule has 0 fully saturated rings. The standard InChI is InChI=1S/C10H17N3O2/c1-8(4-3-5-14)13-9-6-10(15-2)12-7-11-9/h6-8,14H,3-5H2,1-2H3,(H,11,12,13). The lowest BCUT2D eigenvalue weighted by molar-refractivity contribution is 0.282. The average Bonchev–Trinajstić information content (AvgIpc) is 2.26. The van der Waals surface area contributed by atoms with Gasteiger partial charge in [-0.3, -0.25) is 0 Å². The number of anilines is 1. The second-order valence-electron chi connectivity index (χ2n) is 3.36. The smallest absolute Gasteiger partial charge is 0.218 e. The summed E-state index contributed by atoms with van der Waals surface area (Å²) in [5.41, 5.74) is 0. The van der Waals surface area contributed by atoms with E-state index in [-0.39, 0.29) is 12.6 Å². The van der Waals surface area contributed by atoms with Crippen LogP contribution in [-0.4, -0.2) is 34.8 Å². The van der Waals surface area contributed by atoms with E-state index in [0.717, 1.165) is 18.7 Å². The first-order valence-electron chi connectivity index (χ1n) is 4.99. The minimum absolute atomic E-state index is 0.221. The summed E-state index contributed by atoms with van der Waals surface area (Å²) in [6.45, 7) is 2.27. The monoisotopic (exact) mass is 211 g/mol. The first-order chi connectivity index (χ1) is 7.26. The molecule has 2 N–H and O–H groups in total. The van der Waals surface area contributed by atoms with Crippen LogP contribution >= 0.6 is 0 Å². The van der Waals surface area contributed by atoms with Crippen LogP contribution in [0.4, 0.5) is 5.82 Å². The maximum Gasteiger partial charge on any atom is 0.218 e. The molecule has 15 heavy (non-hydrogen) atoms. The van der Waals surface area contributed by atoms with Crippen molar-refractivity contribution in [3.63, 3.8) is 0 Å². The molecule has 1 aromatic heterocycles. The summed E-state index contributed by atoms with van der Waals surface area (Å²) in [4.78, 5) is 7.98. The number of hydrogen-bond acceptors (Lipinski definition) is 5. The van der Waals surface area contributed by atoms with Crippen molar-refractivity contribution in [3.05, 3.63) is 12.4 Å². The van der Waals surface area contributed by atoms with E-state index in [2.05, 4.69) is 15.3 Å². The molecule has 1 unspecified atom stereocenters. The van der Waals surface area contributed by atoms with E-state index in [1.807, 2.05) is 6.92 Å². The van der Waals surface area contributed by atoms with E-state index in [1.165, 1.54) is 6.33 Å². The second-order valence-corrected chi connectivity index (χ2v) is 3.36. The van der Waals surface area contributed by atoms with Crippen molar-refractivity contribution in [1.29, 1.82) is 0 Å².